The molecule has 1 aliphatic carbocycles. The van der Waals surface area contributed by atoms with Gasteiger partial charge in [-0.15, -0.1) is 0 Å². The number of hydrogen-bond donors (Lipinski definition) is 0. The Morgan fingerprint density at radius 1 is 1.14 bits per heavy atom. The van der Waals surface area contributed by atoms with Crippen LogP contribution in [0.5, 0.6) is 0 Å². The van der Waals surface area contributed by atoms with E-state index in [9.17, 15) is 0 Å². The minimum absolute atomic E-state index is 0.959. The molecule has 0 heteroatoms. The second kappa shape index (κ2) is 4.61. The van der Waals surface area contributed by atoms with Gasteiger partial charge in [-0.05, 0) is 35.6 Å². The maximum atomic E-state index is 3.83. The summed E-state index contributed by atoms with van der Waals surface area (Å²) in [4.78, 5) is 0. The van der Waals surface area contributed by atoms with Crippen molar-refractivity contribution in [1.82, 2.24) is 0 Å². The molecule has 0 heterocycles. The van der Waals surface area contributed by atoms with Gasteiger partial charge in [-0.25, -0.2) is 0 Å². The van der Waals surface area contributed by atoms with Crippen LogP contribution in [0.1, 0.15) is 13.3 Å². The number of rotatable bonds is 3. The Bertz CT molecular complexity index is 359. The zero-order valence-electron chi connectivity index (χ0n) is 8.72. The molecule has 0 aromatic heterocycles. The van der Waals surface area contributed by atoms with Crippen molar-refractivity contribution in [1.29, 1.82) is 0 Å². The van der Waals surface area contributed by atoms with Gasteiger partial charge in [0.15, 0.2) is 0 Å². The van der Waals surface area contributed by atoms with Gasteiger partial charge in [0.05, 0.1) is 0 Å². The van der Waals surface area contributed by atoms with Crippen LogP contribution in [0, 0.1) is 0 Å². The van der Waals surface area contributed by atoms with Crippen LogP contribution in [0.2, 0.25) is 0 Å². The summed E-state index contributed by atoms with van der Waals surface area (Å²) in [6.45, 7) is 13.4. The van der Waals surface area contributed by atoms with Crippen LogP contribution in [0.4, 0.5) is 0 Å². The standard InChI is InChI=1S/C14H16/c1-5-9-14-12(7-3)10-11(6-2)13(14)8-4/h5-9H,1-2,4,10H2,3H3/b12-7-,14-9+. The van der Waals surface area contributed by atoms with Crippen molar-refractivity contribution in [2.24, 2.45) is 0 Å². The lowest BCUT2D eigenvalue weighted by Gasteiger charge is -2.01. The van der Waals surface area contributed by atoms with Gasteiger partial charge in [0, 0.05) is 0 Å². The van der Waals surface area contributed by atoms with Crippen LogP contribution in [0.3, 0.4) is 0 Å². The number of hydrogen-bond acceptors (Lipinski definition) is 0. The third-order valence-corrected chi connectivity index (χ3v) is 2.45. The van der Waals surface area contributed by atoms with E-state index in [4.69, 9.17) is 0 Å². The van der Waals surface area contributed by atoms with Crippen LogP contribution in [-0.4, -0.2) is 0 Å². The lowest BCUT2D eigenvalue weighted by atomic mass is 10.0. The van der Waals surface area contributed by atoms with E-state index < -0.39 is 0 Å². The molecule has 0 spiro atoms. The van der Waals surface area contributed by atoms with Gasteiger partial charge in [0.25, 0.3) is 0 Å². The fourth-order valence-electron chi connectivity index (χ4n) is 1.74. The Labute approximate surface area is 86.3 Å². The van der Waals surface area contributed by atoms with E-state index >= 15 is 0 Å². The zero-order valence-corrected chi connectivity index (χ0v) is 8.72. The molecule has 0 unspecified atom stereocenters. The van der Waals surface area contributed by atoms with Crippen LogP contribution < -0.4 is 0 Å². The van der Waals surface area contributed by atoms with Gasteiger partial charge in [0.1, 0.15) is 0 Å². The molecule has 0 N–H and O–H groups in total. The van der Waals surface area contributed by atoms with Crippen molar-refractivity contribution in [2.45, 2.75) is 13.3 Å². The Morgan fingerprint density at radius 2 is 1.86 bits per heavy atom. The van der Waals surface area contributed by atoms with Gasteiger partial charge in [-0.2, -0.15) is 0 Å². The maximum Gasteiger partial charge on any atom is -0.00169 e. The molecular formula is C14H16. The van der Waals surface area contributed by atoms with E-state index in [1.54, 1.807) is 0 Å². The highest BCUT2D eigenvalue weighted by Gasteiger charge is 2.18. The number of allylic oxidation sites excluding steroid dienone is 9. The molecule has 0 aromatic carbocycles. The zero-order chi connectivity index (χ0) is 10.6. The molecule has 72 valence electrons. The monoisotopic (exact) mass is 184 g/mol. The SMILES string of the molecule is C=C/C=C1/C(C=C)=C(C=C)C/C1=C/C. The van der Waals surface area contributed by atoms with Crippen molar-refractivity contribution < 1.29 is 0 Å². The summed E-state index contributed by atoms with van der Waals surface area (Å²) in [5, 5.41) is 0. The Morgan fingerprint density at radius 3 is 2.29 bits per heavy atom. The second-order valence-corrected chi connectivity index (χ2v) is 3.15. The van der Waals surface area contributed by atoms with Crippen LogP contribution >= 0.6 is 0 Å². The molecule has 1 rings (SSSR count). The normalized spacial score (nSPS) is 21.8. The minimum atomic E-state index is 0.959. The first-order valence-corrected chi connectivity index (χ1v) is 4.75. The summed E-state index contributed by atoms with van der Waals surface area (Å²) in [5.74, 6) is 0. The lowest BCUT2D eigenvalue weighted by Crippen LogP contribution is -1.82. The Balaban J connectivity index is 3.28. The first kappa shape index (κ1) is 10.5. The quantitative estimate of drug-likeness (QED) is 0.619. The van der Waals surface area contributed by atoms with E-state index in [2.05, 4.69) is 32.7 Å². The Hall–Kier alpha value is -1.56. The molecule has 14 heavy (non-hydrogen) atoms. The highest BCUT2D eigenvalue weighted by molar-refractivity contribution is 5.63. The highest BCUT2D eigenvalue weighted by atomic mass is 14.2. The molecule has 1 aliphatic rings. The van der Waals surface area contributed by atoms with E-state index in [-0.39, 0.29) is 0 Å². The molecule has 0 nitrogen and oxygen atoms in total. The topological polar surface area (TPSA) is 0 Å². The van der Waals surface area contributed by atoms with Gasteiger partial charge < -0.3 is 0 Å². The summed E-state index contributed by atoms with van der Waals surface area (Å²) < 4.78 is 0. The predicted octanol–water partition coefficient (Wildman–Crippen LogP) is 4.12. The highest BCUT2D eigenvalue weighted by Crippen LogP contribution is 2.37. The molecular weight excluding hydrogens is 168 g/mol. The smallest absolute Gasteiger partial charge is 0.00169 e. The van der Waals surface area contributed by atoms with Crippen molar-refractivity contribution >= 4 is 0 Å². The summed E-state index contributed by atoms with van der Waals surface area (Å²) in [5.41, 5.74) is 5.00. The maximum absolute atomic E-state index is 3.83. The average Bonchev–Trinajstić information content (AvgIpc) is 2.56. The summed E-state index contributed by atoms with van der Waals surface area (Å²) in [6, 6.07) is 0. The van der Waals surface area contributed by atoms with E-state index in [1.165, 1.54) is 22.3 Å². The molecule has 0 atom stereocenters. The first-order valence-electron chi connectivity index (χ1n) is 4.75. The molecule has 0 aliphatic heterocycles. The van der Waals surface area contributed by atoms with Crippen molar-refractivity contribution in [2.75, 3.05) is 0 Å². The largest absolute Gasteiger partial charge is 0.0990 e. The van der Waals surface area contributed by atoms with Gasteiger partial charge in [-0.3, -0.25) is 0 Å². The summed E-state index contributed by atoms with van der Waals surface area (Å²) in [6.07, 6.45) is 10.7. The Kier molecular flexibility index (Phi) is 3.47. The van der Waals surface area contributed by atoms with Crippen LogP contribution in [-0.2, 0) is 0 Å². The fourth-order valence-corrected chi connectivity index (χ4v) is 1.74. The van der Waals surface area contributed by atoms with Crippen molar-refractivity contribution in [3.05, 3.63) is 72.4 Å². The lowest BCUT2D eigenvalue weighted by molar-refractivity contribution is 1.24. The predicted molar refractivity (Wildman–Crippen MR) is 64.1 cm³/mol. The summed E-state index contributed by atoms with van der Waals surface area (Å²) in [7, 11) is 0. The molecule has 0 bridgehead atoms. The molecule has 0 radical (unpaired) electrons. The second-order valence-electron chi connectivity index (χ2n) is 3.15. The van der Waals surface area contributed by atoms with Gasteiger partial charge >= 0.3 is 0 Å². The molecule has 0 fully saturated rings. The van der Waals surface area contributed by atoms with Crippen molar-refractivity contribution in [3.8, 4) is 0 Å². The third-order valence-electron chi connectivity index (χ3n) is 2.45. The summed E-state index contributed by atoms with van der Waals surface area (Å²) >= 11 is 0. The van der Waals surface area contributed by atoms with Crippen LogP contribution in [0.15, 0.2) is 72.4 Å². The van der Waals surface area contributed by atoms with Gasteiger partial charge in [-0.1, -0.05) is 50.1 Å². The molecule has 0 saturated carbocycles. The fraction of sp³-hybridized carbons (Fsp3) is 0.143. The van der Waals surface area contributed by atoms with E-state index in [0.29, 0.717) is 0 Å². The van der Waals surface area contributed by atoms with Crippen LogP contribution in [0.25, 0.3) is 0 Å². The van der Waals surface area contributed by atoms with E-state index in [1.807, 2.05) is 24.3 Å². The molecule has 0 aromatic rings. The first-order chi connectivity index (χ1) is 6.78. The van der Waals surface area contributed by atoms with Crippen molar-refractivity contribution in [3.63, 3.8) is 0 Å². The van der Waals surface area contributed by atoms with Gasteiger partial charge in [0.2, 0.25) is 0 Å². The van der Waals surface area contributed by atoms with E-state index in [0.717, 1.165) is 6.42 Å². The average molecular weight is 184 g/mol. The third kappa shape index (κ3) is 1.69. The molecule has 0 amide bonds. The molecule has 0 saturated heterocycles. The minimum Gasteiger partial charge on any atom is -0.0990 e.